The Labute approximate surface area is 98.5 Å². The van der Waals surface area contributed by atoms with Crippen LogP contribution in [-0.4, -0.2) is 24.6 Å². The normalized spacial score (nSPS) is 12.2. The third kappa shape index (κ3) is 3.08. The molecule has 1 aromatic rings. The summed E-state index contributed by atoms with van der Waals surface area (Å²) in [6.45, 7) is 2.42. The number of para-hydroxylation sites is 1. The summed E-state index contributed by atoms with van der Waals surface area (Å²) in [6, 6.07) is 4.63. The molecule has 0 saturated carbocycles. The standard InChI is InChI=1S/C10H13ClN2O3/c1-7(6-12-2)16-9-5-3-4-8(11)10(9)13(14)15/h3-5,7,12H,6H2,1-2H3. The van der Waals surface area contributed by atoms with Crippen molar-refractivity contribution < 1.29 is 9.66 Å². The average Bonchev–Trinajstić information content (AvgIpc) is 2.17. The van der Waals surface area contributed by atoms with Crippen molar-refractivity contribution in [2.24, 2.45) is 0 Å². The van der Waals surface area contributed by atoms with E-state index in [2.05, 4.69) is 5.32 Å². The summed E-state index contributed by atoms with van der Waals surface area (Å²) in [4.78, 5) is 10.3. The van der Waals surface area contributed by atoms with Gasteiger partial charge in [0.05, 0.1) is 4.92 Å². The number of likely N-dealkylation sites (N-methyl/N-ethyl adjacent to an activating group) is 1. The van der Waals surface area contributed by atoms with Crippen molar-refractivity contribution in [3.8, 4) is 5.75 Å². The molecule has 0 radical (unpaired) electrons. The summed E-state index contributed by atoms with van der Waals surface area (Å²) >= 11 is 5.75. The molecule has 1 rings (SSSR count). The van der Waals surface area contributed by atoms with E-state index in [1.807, 2.05) is 6.92 Å². The predicted molar refractivity (Wildman–Crippen MR) is 62.1 cm³/mol. The zero-order chi connectivity index (χ0) is 12.1. The van der Waals surface area contributed by atoms with E-state index in [0.717, 1.165) is 0 Å². The van der Waals surface area contributed by atoms with Gasteiger partial charge in [-0.25, -0.2) is 0 Å². The van der Waals surface area contributed by atoms with Gasteiger partial charge in [-0.3, -0.25) is 10.1 Å². The number of rotatable bonds is 5. The summed E-state index contributed by atoms with van der Waals surface area (Å²) in [6.07, 6.45) is -0.165. The highest BCUT2D eigenvalue weighted by Crippen LogP contribution is 2.34. The van der Waals surface area contributed by atoms with Crippen LogP contribution in [0, 0.1) is 10.1 Å². The van der Waals surface area contributed by atoms with Gasteiger partial charge in [-0.15, -0.1) is 0 Å². The van der Waals surface area contributed by atoms with Crippen LogP contribution in [0.2, 0.25) is 5.02 Å². The fraction of sp³-hybridized carbons (Fsp3) is 0.400. The van der Waals surface area contributed by atoms with Crippen LogP contribution in [0.3, 0.4) is 0 Å². The average molecular weight is 245 g/mol. The van der Waals surface area contributed by atoms with E-state index in [1.54, 1.807) is 13.1 Å². The van der Waals surface area contributed by atoms with Gasteiger partial charge in [0.1, 0.15) is 11.1 Å². The predicted octanol–water partition coefficient (Wildman–Crippen LogP) is 2.23. The maximum Gasteiger partial charge on any atom is 0.329 e. The second-order valence-electron chi connectivity index (χ2n) is 3.33. The van der Waals surface area contributed by atoms with Crippen molar-refractivity contribution in [2.45, 2.75) is 13.0 Å². The van der Waals surface area contributed by atoms with Gasteiger partial charge in [0.15, 0.2) is 5.75 Å². The van der Waals surface area contributed by atoms with E-state index in [4.69, 9.17) is 16.3 Å². The summed E-state index contributed by atoms with van der Waals surface area (Å²) < 4.78 is 5.44. The number of benzene rings is 1. The van der Waals surface area contributed by atoms with Crippen molar-refractivity contribution in [1.29, 1.82) is 0 Å². The second kappa shape index (κ2) is 5.67. The van der Waals surface area contributed by atoms with E-state index in [0.29, 0.717) is 6.54 Å². The first-order valence-corrected chi connectivity index (χ1v) is 5.18. The molecule has 0 spiro atoms. The zero-order valence-electron chi connectivity index (χ0n) is 9.07. The topological polar surface area (TPSA) is 64.4 Å². The SMILES string of the molecule is CNCC(C)Oc1cccc(Cl)c1[N+](=O)[O-]. The molecule has 0 fully saturated rings. The van der Waals surface area contributed by atoms with Crippen LogP contribution in [0.25, 0.3) is 0 Å². The minimum atomic E-state index is -0.538. The Morgan fingerprint density at radius 3 is 2.88 bits per heavy atom. The van der Waals surface area contributed by atoms with Crippen LogP contribution in [-0.2, 0) is 0 Å². The van der Waals surface area contributed by atoms with Crippen LogP contribution in [0.4, 0.5) is 5.69 Å². The van der Waals surface area contributed by atoms with E-state index in [1.165, 1.54) is 12.1 Å². The smallest absolute Gasteiger partial charge is 0.329 e. The molecule has 0 aliphatic carbocycles. The lowest BCUT2D eigenvalue weighted by Gasteiger charge is -2.14. The minimum Gasteiger partial charge on any atom is -0.482 e. The number of nitrogens with zero attached hydrogens (tertiary/aromatic N) is 1. The van der Waals surface area contributed by atoms with E-state index in [9.17, 15) is 10.1 Å². The Kier molecular flexibility index (Phi) is 4.52. The lowest BCUT2D eigenvalue weighted by atomic mass is 10.3. The molecule has 6 heteroatoms. The number of halogens is 1. The summed E-state index contributed by atoms with van der Waals surface area (Å²) in [5.41, 5.74) is -0.188. The van der Waals surface area contributed by atoms with Crippen molar-refractivity contribution in [3.05, 3.63) is 33.3 Å². The molecular weight excluding hydrogens is 232 g/mol. The number of hydrogen-bond donors (Lipinski definition) is 1. The molecule has 88 valence electrons. The maximum atomic E-state index is 10.8. The molecule has 0 heterocycles. The lowest BCUT2D eigenvalue weighted by Crippen LogP contribution is -2.26. The molecule has 0 aliphatic rings. The highest BCUT2D eigenvalue weighted by molar-refractivity contribution is 6.32. The molecule has 16 heavy (non-hydrogen) atoms. The number of nitro benzene ring substituents is 1. The first kappa shape index (κ1) is 12.7. The van der Waals surface area contributed by atoms with Crippen molar-refractivity contribution >= 4 is 17.3 Å². The lowest BCUT2D eigenvalue weighted by molar-refractivity contribution is -0.385. The molecule has 1 aromatic carbocycles. The summed E-state index contributed by atoms with van der Waals surface area (Å²) in [5, 5.41) is 13.8. The van der Waals surface area contributed by atoms with Gasteiger partial charge in [0, 0.05) is 6.54 Å². The summed E-state index contributed by atoms with van der Waals surface area (Å²) in [7, 11) is 1.78. The highest BCUT2D eigenvalue weighted by atomic mass is 35.5. The molecule has 5 nitrogen and oxygen atoms in total. The number of ether oxygens (including phenoxy) is 1. The number of nitro groups is 1. The summed E-state index contributed by atoms with van der Waals surface area (Å²) in [5.74, 6) is 0.195. The van der Waals surface area contributed by atoms with Crippen molar-refractivity contribution in [3.63, 3.8) is 0 Å². The molecule has 0 aromatic heterocycles. The van der Waals surface area contributed by atoms with Crippen molar-refractivity contribution in [1.82, 2.24) is 5.32 Å². The van der Waals surface area contributed by atoms with Gasteiger partial charge in [-0.05, 0) is 26.1 Å². The van der Waals surface area contributed by atoms with Gasteiger partial charge in [0.2, 0.25) is 0 Å². The Balaban J connectivity index is 2.95. The largest absolute Gasteiger partial charge is 0.482 e. The third-order valence-corrected chi connectivity index (χ3v) is 2.26. The molecule has 1 unspecified atom stereocenters. The van der Waals surface area contributed by atoms with Gasteiger partial charge >= 0.3 is 5.69 Å². The number of hydrogen-bond acceptors (Lipinski definition) is 4. The quantitative estimate of drug-likeness (QED) is 0.637. The number of nitrogens with one attached hydrogen (secondary N) is 1. The van der Waals surface area contributed by atoms with Crippen LogP contribution in [0.1, 0.15) is 6.92 Å². The van der Waals surface area contributed by atoms with Gasteiger partial charge < -0.3 is 10.1 Å². The fourth-order valence-corrected chi connectivity index (χ4v) is 1.55. The molecular formula is C10H13ClN2O3. The molecule has 0 aliphatic heterocycles. The first-order chi connectivity index (χ1) is 7.56. The maximum absolute atomic E-state index is 10.8. The minimum absolute atomic E-state index is 0.0826. The molecule has 0 amide bonds. The zero-order valence-corrected chi connectivity index (χ0v) is 9.82. The van der Waals surface area contributed by atoms with Crippen LogP contribution in [0.15, 0.2) is 18.2 Å². The Morgan fingerprint density at radius 1 is 1.62 bits per heavy atom. The van der Waals surface area contributed by atoms with E-state index >= 15 is 0 Å². The van der Waals surface area contributed by atoms with Gasteiger partial charge in [-0.1, -0.05) is 17.7 Å². The van der Waals surface area contributed by atoms with E-state index < -0.39 is 4.92 Å². The molecule has 1 atom stereocenters. The van der Waals surface area contributed by atoms with E-state index in [-0.39, 0.29) is 22.6 Å². The molecule has 0 bridgehead atoms. The highest BCUT2D eigenvalue weighted by Gasteiger charge is 2.20. The third-order valence-electron chi connectivity index (χ3n) is 1.95. The Hall–Kier alpha value is -1.33. The Morgan fingerprint density at radius 2 is 2.31 bits per heavy atom. The molecule has 1 N–H and O–H groups in total. The van der Waals surface area contributed by atoms with Crippen LogP contribution < -0.4 is 10.1 Å². The fourth-order valence-electron chi connectivity index (χ4n) is 1.31. The monoisotopic (exact) mass is 244 g/mol. The van der Waals surface area contributed by atoms with Crippen LogP contribution in [0.5, 0.6) is 5.75 Å². The van der Waals surface area contributed by atoms with Gasteiger partial charge in [0.25, 0.3) is 0 Å². The van der Waals surface area contributed by atoms with Crippen molar-refractivity contribution in [2.75, 3.05) is 13.6 Å². The second-order valence-corrected chi connectivity index (χ2v) is 3.74. The van der Waals surface area contributed by atoms with Crippen LogP contribution >= 0.6 is 11.6 Å². The Bertz CT molecular complexity index is 384. The van der Waals surface area contributed by atoms with Gasteiger partial charge in [-0.2, -0.15) is 0 Å². The first-order valence-electron chi connectivity index (χ1n) is 4.80. The molecule has 0 saturated heterocycles.